The predicted octanol–water partition coefficient (Wildman–Crippen LogP) is 0.844. The third-order valence-corrected chi connectivity index (χ3v) is 4.12. The molecule has 0 aromatic carbocycles. The van der Waals surface area contributed by atoms with E-state index >= 15 is 0 Å². The lowest BCUT2D eigenvalue weighted by molar-refractivity contribution is -0.134. The normalized spacial score (nSPS) is 22.3. The maximum Gasteiger partial charge on any atom is 0.236 e. The van der Waals surface area contributed by atoms with Crippen LogP contribution in [0, 0.1) is 22.7 Å². The molecule has 0 saturated carbocycles. The van der Waals surface area contributed by atoms with E-state index in [1.807, 2.05) is 0 Å². The van der Waals surface area contributed by atoms with E-state index < -0.39 is 0 Å². The lowest BCUT2D eigenvalue weighted by atomic mass is 9.96. The lowest BCUT2D eigenvalue weighted by Gasteiger charge is -2.40. The van der Waals surface area contributed by atoms with Crippen LogP contribution in [0.1, 0.15) is 39.0 Å². The van der Waals surface area contributed by atoms with Crippen molar-refractivity contribution in [3.8, 4) is 12.1 Å². The van der Waals surface area contributed by atoms with E-state index in [4.69, 9.17) is 16.3 Å². The minimum absolute atomic E-state index is 0.00676. The Balaban J connectivity index is 2.65. The van der Waals surface area contributed by atoms with Crippen molar-refractivity contribution in [2.24, 2.45) is 5.73 Å². The van der Waals surface area contributed by atoms with Crippen molar-refractivity contribution >= 4 is 5.91 Å². The third kappa shape index (κ3) is 5.34. The second-order valence-electron chi connectivity index (χ2n) is 5.54. The number of piperidine rings is 1. The van der Waals surface area contributed by atoms with Gasteiger partial charge in [0.05, 0.1) is 31.5 Å². The highest BCUT2D eigenvalue weighted by Gasteiger charge is 2.29. The number of hydrogen-bond acceptors (Lipinski definition) is 5. The zero-order chi connectivity index (χ0) is 15.7. The molecule has 0 aromatic heterocycles. The molecule has 116 valence electrons. The van der Waals surface area contributed by atoms with Crippen LogP contribution in [-0.4, -0.2) is 54.0 Å². The van der Waals surface area contributed by atoms with Crippen LogP contribution < -0.4 is 5.73 Å². The van der Waals surface area contributed by atoms with Gasteiger partial charge in [0.2, 0.25) is 5.91 Å². The second-order valence-corrected chi connectivity index (χ2v) is 5.54. The van der Waals surface area contributed by atoms with Crippen LogP contribution in [0.5, 0.6) is 0 Å². The molecule has 6 nitrogen and oxygen atoms in total. The first kappa shape index (κ1) is 17.4. The minimum Gasteiger partial charge on any atom is -0.340 e. The van der Waals surface area contributed by atoms with E-state index in [1.54, 1.807) is 4.90 Å². The summed E-state index contributed by atoms with van der Waals surface area (Å²) in [5.41, 5.74) is 5.82. The summed E-state index contributed by atoms with van der Waals surface area (Å²) in [5, 5.41) is 17.4. The first-order chi connectivity index (χ1) is 10.1. The molecule has 1 fully saturated rings. The van der Waals surface area contributed by atoms with Gasteiger partial charge in [-0.05, 0) is 19.8 Å². The van der Waals surface area contributed by atoms with E-state index in [2.05, 4.69) is 24.0 Å². The van der Waals surface area contributed by atoms with Crippen LogP contribution >= 0.6 is 0 Å². The molecule has 0 bridgehead atoms. The highest BCUT2D eigenvalue weighted by atomic mass is 16.2. The van der Waals surface area contributed by atoms with Gasteiger partial charge in [0, 0.05) is 31.7 Å². The Bertz CT molecular complexity index is 393. The average molecular weight is 291 g/mol. The van der Waals surface area contributed by atoms with Crippen molar-refractivity contribution in [3.05, 3.63) is 0 Å². The number of nitrogens with zero attached hydrogens (tertiary/aromatic N) is 4. The summed E-state index contributed by atoms with van der Waals surface area (Å²) < 4.78 is 0. The summed E-state index contributed by atoms with van der Waals surface area (Å²) in [4.78, 5) is 16.3. The Kier molecular flexibility index (Phi) is 7.74. The average Bonchev–Trinajstić information content (AvgIpc) is 2.49. The molecule has 0 aromatic rings. The third-order valence-electron chi connectivity index (χ3n) is 4.12. The zero-order valence-electron chi connectivity index (χ0n) is 12.8. The Morgan fingerprint density at radius 1 is 1.29 bits per heavy atom. The molecule has 1 aliphatic heterocycles. The number of nitrogens with two attached hydrogens (primary N) is 1. The maximum atomic E-state index is 12.5. The van der Waals surface area contributed by atoms with Gasteiger partial charge in [-0.25, -0.2) is 0 Å². The van der Waals surface area contributed by atoms with Crippen LogP contribution in [0.2, 0.25) is 0 Å². The lowest BCUT2D eigenvalue weighted by Crippen LogP contribution is -2.53. The van der Waals surface area contributed by atoms with E-state index in [0.29, 0.717) is 45.1 Å². The quantitative estimate of drug-likeness (QED) is 0.749. The van der Waals surface area contributed by atoms with E-state index in [-0.39, 0.29) is 11.9 Å². The molecule has 0 aliphatic carbocycles. The molecule has 0 spiro atoms. The van der Waals surface area contributed by atoms with Gasteiger partial charge in [-0.15, -0.1) is 0 Å². The number of nitriles is 2. The maximum absolute atomic E-state index is 12.5. The van der Waals surface area contributed by atoms with Gasteiger partial charge in [0.1, 0.15) is 0 Å². The predicted molar refractivity (Wildman–Crippen MR) is 79.9 cm³/mol. The molecule has 1 saturated heterocycles. The van der Waals surface area contributed by atoms with Gasteiger partial charge in [-0.3, -0.25) is 9.69 Å². The standard InChI is InChI=1S/C15H25N5O/c1-13-5-2-6-14(11-18)20(13)12-15(21)19(9-3-7-16)10-4-8-17/h13-14H,2-6,9-12,18H2,1H3. The highest BCUT2D eigenvalue weighted by Crippen LogP contribution is 2.22. The Hall–Kier alpha value is -1.63. The number of hydrogen-bond donors (Lipinski definition) is 1. The van der Waals surface area contributed by atoms with Gasteiger partial charge in [-0.2, -0.15) is 10.5 Å². The topological polar surface area (TPSA) is 97.2 Å². The zero-order valence-corrected chi connectivity index (χ0v) is 12.8. The van der Waals surface area contributed by atoms with Gasteiger partial charge in [-0.1, -0.05) is 6.42 Å². The molecule has 1 amide bonds. The minimum atomic E-state index is -0.00676. The second kappa shape index (κ2) is 9.33. The van der Waals surface area contributed by atoms with E-state index in [9.17, 15) is 4.79 Å². The van der Waals surface area contributed by atoms with Gasteiger partial charge in [0.15, 0.2) is 0 Å². The summed E-state index contributed by atoms with van der Waals surface area (Å²) >= 11 is 0. The fourth-order valence-electron chi connectivity index (χ4n) is 2.87. The Morgan fingerprint density at radius 2 is 1.90 bits per heavy atom. The van der Waals surface area contributed by atoms with E-state index in [1.165, 1.54) is 0 Å². The molecule has 0 radical (unpaired) electrons. The van der Waals surface area contributed by atoms with Crippen molar-refractivity contribution in [1.82, 2.24) is 9.80 Å². The van der Waals surface area contributed by atoms with Gasteiger partial charge in [0.25, 0.3) is 0 Å². The van der Waals surface area contributed by atoms with Crippen LogP contribution in [0.15, 0.2) is 0 Å². The van der Waals surface area contributed by atoms with Crippen molar-refractivity contribution < 1.29 is 4.79 Å². The molecule has 1 aliphatic rings. The number of rotatable bonds is 7. The Morgan fingerprint density at radius 3 is 2.43 bits per heavy atom. The van der Waals surface area contributed by atoms with Gasteiger partial charge < -0.3 is 10.6 Å². The number of amides is 1. The fourth-order valence-corrected chi connectivity index (χ4v) is 2.87. The van der Waals surface area contributed by atoms with Crippen molar-refractivity contribution in [3.63, 3.8) is 0 Å². The van der Waals surface area contributed by atoms with Crippen molar-refractivity contribution in [1.29, 1.82) is 10.5 Å². The molecule has 6 heteroatoms. The largest absolute Gasteiger partial charge is 0.340 e. The fraction of sp³-hybridized carbons (Fsp3) is 0.800. The van der Waals surface area contributed by atoms with Crippen LogP contribution in [-0.2, 0) is 4.79 Å². The van der Waals surface area contributed by atoms with E-state index in [0.717, 1.165) is 19.3 Å². The first-order valence-electron chi connectivity index (χ1n) is 7.61. The number of carbonyl (C=O) groups excluding carboxylic acids is 1. The molecule has 1 heterocycles. The Labute approximate surface area is 127 Å². The van der Waals surface area contributed by atoms with Crippen LogP contribution in [0.25, 0.3) is 0 Å². The summed E-state index contributed by atoms with van der Waals surface area (Å²) in [5.74, 6) is -0.00676. The van der Waals surface area contributed by atoms with Crippen molar-refractivity contribution in [2.75, 3.05) is 26.2 Å². The van der Waals surface area contributed by atoms with Gasteiger partial charge >= 0.3 is 0 Å². The molecular weight excluding hydrogens is 266 g/mol. The monoisotopic (exact) mass is 291 g/mol. The summed E-state index contributed by atoms with van der Waals surface area (Å²) in [6, 6.07) is 4.71. The summed E-state index contributed by atoms with van der Waals surface area (Å²) in [6.07, 6.45) is 3.87. The number of carbonyl (C=O) groups is 1. The van der Waals surface area contributed by atoms with Crippen LogP contribution in [0.4, 0.5) is 0 Å². The number of likely N-dealkylation sites (tertiary alicyclic amines) is 1. The molecule has 2 N–H and O–H groups in total. The molecule has 1 rings (SSSR count). The molecular formula is C15H25N5O. The summed E-state index contributed by atoms with van der Waals surface area (Å²) in [7, 11) is 0. The first-order valence-corrected chi connectivity index (χ1v) is 7.61. The smallest absolute Gasteiger partial charge is 0.236 e. The van der Waals surface area contributed by atoms with Crippen LogP contribution in [0.3, 0.4) is 0 Å². The molecule has 2 unspecified atom stereocenters. The molecule has 2 atom stereocenters. The molecule has 21 heavy (non-hydrogen) atoms. The SMILES string of the molecule is CC1CCCC(CN)N1CC(=O)N(CCC#N)CCC#N. The highest BCUT2D eigenvalue weighted by molar-refractivity contribution is 5.78. The van der Waals surface area contributed by atoms with Crippen molar-refractivity contribution in [2.45, 2.75) is 51.1 Å². The summed E-state index contributed by atoms with van der Waals surface area (Å²) in [6.45, 7) is 3.82.